The summed E-state index contributed by atoms with van der Waals surface area (Å²) in [5, 5.41) is 0. The molecule has 0 heterocycles. The van der Waals surface area contributed by atoms with Crippen molar-refractivity contribution >= 4 is 16.1 Å². The van der Waals surface area contributed by atoms with E-state index in [1.165, 1.54) is 14.2 Å². The average Bonchev–Trinajstić information content (AvgIpc) is 2.63. The Kier molecular flexibility index (Phi) is 11.2. The Hall–Kier alpha value is -0.320. The van der Waals surface area contributed by atoms with Gasteiger partial charge < -0.3 is 18.1 Å². The van der Waals surface area contributed by atoms with Gasteiger partial charge in [0.1, 0.15) is 0 Å². The zero-order chi connectivity index (χ0) is 20.4. The van der Waals surface area contributed by atoms with E-state index >= 15 is 0 Å². The summed E-state index contributed by atoms with van der Waals surface area (Å²) in [6, 6.07) is 8.48. The van der Waals surface area contributed by atoms with Crippen molar-refractivity contribution in [3.8, 4) is 0 Å². The van der Waals surface area contributed by atoms with E-state index in [1.54, 1.807) is 0 Å². The van der Waals surface area contributed by atoms with Crippen LogP contribution >= 0.6 is 16.1 Å². The minimum atomic E-state index is -3.09. The second kappa shape index (κ2) is 12.3. The molecule has 156 valence electrons. The Morgan fingerprint density at radius 3 is 2.15 bits per heavy atom. The molecule has 0 aliphatic heterocycles. The van der Waals surface area contributed by atoms with Crippen LogP contribution in [0.25, 0.3) is 0 Å². The number of hydrogen-bond acceptors (Lipinski definition) is 6. The van der Waals surface area contributed by atoms with Gasteiger partial charge in [0, 0.05) is 26.3 Å². The Morgan fingerprint density at radius 1 is 1.04 bits per heavy atom. The molecule has 0 saturated carbocycles. The van der Waals surface area contributed by atoms with Crippen molar-refractivity contribution in [2.45, 2.75) is 65.9 Å². The van der Waals surface area contributed by atoms with Gasteiger partial charge in [0.2, 0.25) is 0 Å². The Morgan fingerprint density at radius 2 is 1.63 bits per heavy atom. The summed E-state index contributed by atoms with van der Waals surface area (Å²) in [4.78, 5) is 0. The van der Waals surface area contributed by atoms with E-state index in [0.29, 0.717) is 25.3 Å². The first-order valence-electron chi connectivity index (χ1n) is 9.38. The van der Waals surface area contributed by atoms with Crippen LogP contribution in [0.5, 0.6) is 0 Å². The maximum absolute atomic E-state index is 12.4. The molecule has 0 aromatic heterocycles. The lowest BCUT2D eigenvalue weighted by Crippen LogP contribution is -2.33. The molecule has 1 rings (SSSR count). The molecule has 1 unspecified atom stereocenters. The van der Waals surface area contributed by atoms with Crippen molar-refractivity contribution in [1.29, 1.82) is 0 Å². The van der Waals surface area contributed by atoms with E-state index in [-0.39, 0.29) is 6.16 Å². The lowest BCUT2D eigenvalue weighted by atomic mass is 10.1. The molecule has 0 spiro atoms. The van der Waals surface area contributed by atoms with Gasteiger partial charge in [-0.25, -0.2) is 4.67 Å². The van der Waals surface area contributed by atoms with Crippen LogP contribution in [0.15, 0.2) is 24.3 Å². The van der Waals surface area contributed by atoms with Crippen LogP contribution in [0.4, 0.5) is 0 Å². The molecule has 6 nitrogen and oxygen atoms in total. The molecule has 1 aromatic rings. The van der Waals surface area contributed by atoms with Gasteiger partial charge in [0.25, 0.3) is 8.53 Å². The van der Waals surface area contributed by atoms with Gasteiger partial charge in [-0.3, -0.25) is 4.57 Å². The molecule has 1 atom stereocenters. The van der Waals surface area contributed by atoms with Crippen molar-refractivity contribution in [3.63, 3.8) is 0 Å². The zero-order valence-corrected chi connectivity index (χ0v) is 19.5. The minimum absolute atomic E-state index is 0.235. The summed E-state index contributed by atoms with van der Waals surface area (Å²) in [5.74, 6) is 0. The maximum Gasteiger partial charge on any atom is 0.334 e. The van der Waals surface area contributed by atoms with Crippen LogP contribution in [0.2, 0.25) is 0 Å². The second-order valence-electron chi connectivity index (χ2n) is 6.87. The first-order chi connectivity index (χ1) is 12.8. The molecule has 0 saturated heterocycles. The summed E-state index contributed by atoms with van der Waals surface area (Å²) in [6.07, 6.45) is 1.18. The summed E-state index contributed by atoms with van der Waals surface area (Å²) in [7, 11) is -1.42. The number of hydrogen-bond donors (Lipinski definition) is 0. The van der Waals surface area contributed by atoms with Crippen LogP contribution in [-0.2, 0) is 35.4 Å². The number of nitrogens with zero attached hydrogens (tertiary/aromatic N) is 1. The largest absolute Gasteiger partial charge is 0.334 e. The highest BCUT2D eigenvalue weighted by Gasteiger charge is 2.27. The summed E-state index contributed by atoms with van der Waals surface area (Å²) in [6.45, 7) is 11.8. The van der Waals surface area contributed by atoms with Gasteiger partial charge in [-0.05, 0) is 45.2 Å². The molecule has 8 heteroatoms. The standard InChI is InChI=1S/C19H35NO5P2/c1-8-12-24-26(20(16(2)3)17(4)5)25-14-18-10-9-11-19(13-18)15-27(21,22-6)23-7/h9-11,13,16-17H,8,12,14-15H2,1-7H3. The second-order valence-corrected chi connectivity index (χ2v) is 10.6. The fraction of sp³-hybridized carbons (Fsp3) is 0.684. The van der Waals surface area contributed by atoms with Gasteiger partial charge in [-0.2, -0.15) is 0 Å². The summed E-state index contributed by atoms with van der Waals surface area (Å²) in [5.41, 5.74) is 1.90. The van der Waals surface area contributed by atoms with Gasteiger partial charge in [0.05, 0.1) is 19.4 Å². The SMILES string of the molecule is CCCOP(OCc1cccc(CP(=O)(OC)OC)c1)N(C(C)C)C(C)C. The van der Waals surface area contributed by atoms with Gasteiger partial charge in [0.15, 0.2) is 0 Å². The maximum atomic E-state index is 12.4. The Balaban J connectivity index is 2.85. The highest BCUT2D eigenvalue weighted by atomic mass is 31.2. The van der Waals surface area contributed by atoms with Crippen molar-refractivity contribution < 1.29 is 22.7 Å². The normalized spacial score (nSPS) is 13.7. The van der Waals surface area contributed by atoms with Crippen molar-refractivity contribution in [1.82, 2.24) is 4.67 Å². The van der Waals surface area contributed by atoms with E-state index in [1.807, 2.05) is 24.3 Å². The first-order valence-corrected chi connectivity index (χ1v) is 12.2. The Labute approximate surface area is 166 Å². The highest BCUT2D eigenvalue weighted by molar-refractivity contribution is 7.52. The van der Waals surface area contributed by atoms with E-state index in [9.17, 15) is 4.57 Å². The van der Waals surface area contributed by atoms with E-state index in [0.717, 1.165) is 17.5 Å². The van der Waals surface area contributed by atoms with E-state index < -0.39 is 16.1 Å². The highest BCUT2D eigenvalue weighted by Crippen LogP contribution is 2.50. The van der Waals surface area contributed by atoms with Crippen LogP contribution in [0.1, 0.15) is 52.2 Å². The molecular weight excluding hydrogens is 384 g/mol. The molecule has 0 fully saturated rings. The van der Waals surface area contributed by atoms with Crippen LogP contribution < -0.4 is 0 Å². The minimum Gasteiger partial charge on any atom is -0.322 e. The van der Waals surface area contributed by atoms with Crippen molar-refractivity contribution in [2.75, 3.05) is 20.8 Å². The number of benzene rings is 1. The van der Waals surface area contributed by atoms with Gasteiger partial charge >= 0.3 is 7.60 Å². The average molecular weight is 419 g/mol. The predicted molar refractivity (Wildman–Crippen MR) is 112 cm³/mol. The fourth-order valence-electron chi connectivity index (χ4n) is 2.69. The zero-order valence-electron chi connectivity index (χ0n) is 17.7. The lowest BCUT2D eigenvalue weighted by molar-refractivity contribution is 0.169. The molecule has 0 N–H and O–H groups in total. The molecule has 27 heavy (non-hydrogen) atoms. The monoisotopic (exact) mass is 419 g/mol. The quantitative estimate of drug-likeness (QED) is 0.368. The Bertz CT molecular complexity index is 581. The van der Waals surface area contributed by atoms with E-state index in [2.05, 4.69) is 39.3 Å². The van der Waals surface area contributed by atoms with Crippen LogP contribution in [-0.4, -0.2) is 37.6 Å². The summed E-state index contributed by atoms with van der Waals surface area (Å²) < 4.78 is 36.9. The molecule has 0 aliphatic rings. The first kappa shape index (κ1) is 24.7. The van der Waals surface area contributed by atoms with Crippen LogP contribution in [0.3, 0.4) is 0 Å². The predicted octanol–water partition coefficient (Wildman–Crippen LogP) is 5.96. The van der Waals surface area contributed by atoms with Crippen molar-refractivity contribution in [3.05, 3.63) is 35.4 Å². The molecular formula is C19H35NO5P2. The van der Waals surface area contributed by atoms with Gasteiger partial charge in [-0.15, -0.1) is 0 Å². The smallest absolute Gasteiger partial charge is 0.322 e. The topological polar surface area (TPSA) is 57.2 Å². The van der Waals surface area contributed by atoms with Crippen molar-refractivity contribution in [2.24, 2.45) is 0 Å². The fourth-order valence-corrected chi connectivity index (χ4v) is 5.43. The molecule has 0 bridgehead atoms. The molecule has 0 radical (unpaired) electrons. The van der Waals surface area contributed by atoms with Crippen LogP contribution in [0, 0.1) is 0 Å². The number of rotatable bonds is 13. The van der Waals surface area contributed by atoms with E-state index in [4.69, 9.17) is 18.1 Å². The summed E-state index contributed by atoms with van der Waals surface area (Å²) >= 11 is 0. The molecule has 0 amide bonds. The third-order valence-electron chi connectivity index (χ3n) is 3.92. The van der Waals surface area contributed by atoms with Gasteiger partial charge in [-0.1, -0.05) is 31.2 Å². The third-order valence-corrected chi connectivity index (χ3v) is 7.84. The molecule has 0 aliphatic carbocycles. The lowest BCUT2D eigenvalue weighted by Gasteiger charge is -2.35. The third kappa shape index (κ3) is 8.29. The molecule has 1 aromatic carbocycles.